The Hall–Kier alpha value is -2.33. The predicted molar refractivity (Wildman–Crippen MR) is 104 cm³/mol. The van der Waals surface area contributed by atoms with Crippen molar-refractivity contribution in [1.29, 1.82) is 0 Å². The highest BCUT2D eigenvalue weighted by Gasteiger charge is 2.20. The maximum atomic E-state index is 12.6. The van der Waals surface area contributed by atoms with Crippen LogP contribution in [0, 0.1) is 26.2 Å². The fourth-order valence-electron chi connectivity index (χ4n) is 2.25. The summed E-state index contributed by atoms with van der Waals surface area (Å²) >= 11 is 1.92. The molecule has 0 fully saturated rings. The summed E-state index contributed by atoms with van der Waals surface area (Å²) in [6, 6.07) is 8.96. The van der Waals surface area contributed by atoms with Crippen LogP contribution in [0.2, 0.25) is 0 Å². The monoisotopic (exact) mass is 433 g/mol. The maximum absolute atomic E-state index is 12.6. The van der Waals surface area contributed by atoms with Crippen LogP contribution in [-0.4, -0.2) is 15.5 Å². The van der Waals surface area contributed by atoms with Crippen molar-refractivity contribution in [2.75, 3.05) is 0 Å². The van der Waals surface area contributed by atoms with Gasteiger partial charge in [0.2, 0.25) is 0 Å². The van der Waals surface area contributed by atoms with Crippen LogP contribution in [0.25, 0.3) is 6.08 Å². The van der Waals surface area contributed by atoms with E-state index in [1.165, 1.54) is 16.7 Å². The zero-order chi connectivity index (χ0) is 17.9. The van der Waals surface area contributed by atoms with E-state index in [0.29, 0.717) is 5.69 Å². The Balaban J connectivity index is 2.44. The summed E-state index contributed by atoms with van der Waals surface area (Å²) < 4.78 is 0.774. The van der Waals surface area contributed by atoms with Crippen molar-refractivity contribution in [2.24, 2.45) is 0 Å². The van der Waals surface area contributed by atoms with Gasteiger partial charge in [-0.05, 0) is 48.1 Å². The molecule has 1 atom stereocenters. The number of carbonyl (C=O) groups excluding carboxylic acids is 1. The standard InChI is InChI=1S/C19H16INO3/c1-4-17(20)21-13(3)11-16(23)18(19(21)24)15(22)10-9-14-7-5-12(2)6-8-14/h1,5-11,17,23H,2-3H3/b10-9+. The lowest BCUT2D eigenvalue weighted by atomic mass is 10.1. The molecule has 1 unspecified atom stereocenters. The normalized spacial score (nSPS) is 12.1. The van der Waals surface area contributed by atoms with E-state index in [2.05, 4.69) is 5.92 Å². The first-order chi connectivity index (χ1) is 11.3. The van der Waals surface area contributed by atoms with Crippen LogP contribution in [0.15, 0.2) is 41.2 Å². The predicted octanol–water partition coefficient (Wildman–Crippen LogP) is 3.63. The van der Waals surface area contributed by atoms with Crippen LogP contribution < -0.4 is 5.56 Å². The Morgan fingerprint density at radius 2 is 1.96 bits per heavy atom. The third-order valence-electron chi connectivity index (χ3n) is 3.53. The Kier molecular flexibility index (Phi) is 5.62. The van der Waals surface area contributed by atoms with Crippen LogP contribution in [0.4, 0.5) is 0 Å². The van der Waals surface area contributed by atoms with Crippen molar-refractivity contribution in [3.05, 3.63) is 69.1 Å². The van der Waals surface area contributed by atoms with Gasteiger partial charge in [-0.15, -0.1) is 6.42 Å². The van der Waals surface area contributed by atoms with Crippen molar-refractivity contribution in [2.45, 2.75) is 17.9 Å². The number of terminal acetylenes is 1. The second-order valence-corrected chi connectivity index (χ2v) is 6.51. The number of aryl methyl sites for hydroxylation is 2. The molecule has 1 heterocycles. The summed E-state index contributed by atoms with van der Waals surface area (Å²) in [6.07, 6.45) is 8.26. The second-order valence-electron chi connectivity index (χ2n) is 5.33. The summed E-state index contributed by atoms with van der Waals surface area (Å²) in [6.45, 7) is 3.62. The first kappa shape index (κ1) is 18.0. The van der Waals surface area contributed by atoms with Crippen LogP contribution in [0.1, 0.15) is 31.2 Å². The van der Waals surface area contributed by atoms with Crippen molar-refractivity contribution in [1.82, 2.24) is 4.57 Å². The van der Waals surface area contributed by atoms with Crippen molar-refractivity contribution in [3.63, 3.8) is 0 Å². The molecular weight excluding hydrogens is 417 g/mol. The van der Waals surface area contributed by atoms with Gasteiger partial charge in [-0.1, -0.05) is 41.8 Å². The number of allylic oxidation sites excluding steroid dienone is 1. The average Bonchev–Trinajstić information content (AvgIpc) is 2.53. The number of hydrogen-bond donors (Lipinski definition) is 1. The van der Waals surface area contributed by atoms with Crippen LogP contribution >= 0.6 is 22.6 Å². The minimum Gasteiger partial charge on any atom is -0.507 e. The molecule has 0 aliphatic heterocycles. The van der Waals surface area contributed by atoms with Gasteiger partial charge in [0.05, 0.1) is 0 Å². The van der Waals surface area contributed by atoms with E-state index in [1.54, 1.807) is 13.0 Å². The van der Waals surface area contributed by atoms with Crippen molar-refractivity contribution >= 4 is 34.5 Å². The molecule has 2 rings (SSSR count). The number of aromatic hydroxyl groups is 1. The summed E-state index contributed by atoms with van der Waals surface area (Å²) in [5.74, 6) is 1.55. The largest absolute Gasteiger partial charge is 0.507 e. The van der Waals surface area contributed by atoms with Crippen molar-refractivity contribution in [3.8, 4) is 18.1 Å². The molecule has 0 bridgehead atoms. The molecule has 0 spiro atoms. The molecule has 122 valence electrons. The van der Waals surface area contributed by atoms with E-state index in [4.69, 9.17) is 6.42 Å². The van der Waals surface area contributed by atoms with Crippen molar-refractivity contribution < 1.29 is 9.90 Å². The lowest BCUT2D eigenvalue weighted by Crippen LogP contribution is -2.28. The van der Waals surface area contributed by atoms with Gasteiger partial charge in [-0.25, -0.2) is 0 Å². The fourth-order valence-corrected chi connectivity index (χ4v) is 2.94. The van der Waals surface area contributed by atoms with Gasteiger partial charge in [0, 0.05) is 11.8 Å². The zero-order valence-corrected chi connectivity index (χ0v) is 15.4. The molecule has 0 radical (unpaired) electrons. The smallest absolute Gasteiger partial charge is 0.267 e. The molecule has 4 nitrogen and oxygen atoms in total. The quantitative estimate of drug-likeness (QED) is 0.264. The molecule has 1 aromatic heterocycles. The molecule has 1 aromatic carbocycles. The molecule has 5 heteroatoms. The lowest BCUT2D eigenvalue weighted by Gasteiger charge is -2.14. The molecule has 0 aliphatic carbocycles. The van der Waals surface area contributed by atoms with E-state index < -0.39 is 15.4 Å². The number of aromatic nitrogens is 1. The van der Waals surface area contributed by atoms with E-state index in [-0.39, 0.29) is 11.3 Å². The lowest BCUT2D eigenvalue weighted by molar-refractivity contribution is 0.104. The highest BCUT2D eigenvalue weighted by Crippen LogP contribution is 2.21. The van der Waals surface area contributed by atoms with Gasteiger partial charge in [-0.3, -0.25) is 14.2 Å². The topological polar surface area (TPSA) is 59.3 Å². The third kappa shape index (κ3) is 3.77. The van der Waals surface area contributed by atoms with Crippen LogP contribution in [-0.2, 0) is 0 Å². The Morgan fingerprint density at radius 1 is 1.33 bits per heavy atom. The summed E-state index contributed by atoms with van der Waals surface area (Å²) in [5, 5.41) is 10.0. The van der Waals surface area contributed by atoms with E-state index in [0.717, 1.165) is 11.1 Å². The molecule has 0 saturated heterocycles. The minimum atomic E-state index is -0.594. The number of rotatable bonds is 4. The minimum absolute atomic E-state index is 0.277. The van der Waals surface area contributed by atoms with Gasteiger partial charge in [-0.2, -0.15) is 0 Å². The second kappa shape index (κ2) is 7.49. The van der Waals surface area contributed by atoms with E-state index in [9.17, 15) is 14.7 Å². The SMILES string of the molecule is C#CC(I)n1c(C)cc(O)c(C(=O)/C=C/c2ccc(C)cc2)c1=O. The van der Waals surface area contributed by atoms with Gasteiger partial charge in [0.15, 0.2) is 5.78 Å². The van der Waals surface area contributed by atoms with Gasteiger partial charge < -0.3 is 5.11 Å². The number of benzene rings is 1. The van der Waals surface area contributed by atoms with Crippen LogP contribution in [0.3, 0.4) is 0 Å². The zero-order valence-electron chi connectivity index (χ0n) is 13.3. The number of nitrogens with zero attached hydrogens (tertiary/aromatic N) is 1. The van der Waals surface area contributed by atoms with Gasteiger partial charge >= 0.3 is 0 Å². The summed E-state index contributed by atoms with van der Waals surface area (Å²) in [7, 11) is 0. The molecule has 0 amide bonds. The molecule has 0 saturated carbocycles. The first-order valence-corrected chi connectivity index (χ1v) is 8.44. The Labute approximate surface area is 154 Å². The van der Waals surface area contributed by atoms with E-state index in [1.807, 2.05) is 53.8 Å². The molecule has 2 aromatic rings. The summed E-state index contributed by atoms with van der Waals surface area (Å²) in [5.41, 5.74) is 1.56. The Bertz CT molecular complexity index is 902. The highest BCUT2D eigenvalue weighted by molar-refractivity contribution is 14.1. The van der Waals surface area contributed by atoms with Gasteiger partial charge in [0.1, 0.15) is 15.4 Å². The third-order valence-corrected chi connectivity index (χ3v) is 4.45. The fraction of sp³-hybridized carbons (Fsp3) is 0.158. The number of alkyl halides is 1. The molecule has 1 N–H and O–H groups in total. The first-order valence-electron chi connectivity index (χ1n) is 7.19. The number of halogens is 1. The molecule has 0 aliphatic rings. The molecular formula is C19H16INO3. The summed E-state index contributed by atoms with van der Waals surface area (Å²) in [4.78, 5) is 24.9. The van der Waals surface area contributed by atoms with Gasteiger partial charge in [0.25, 0.3) is 5.56 Å². The Morgan fingerprint density at radius 3 is 2.54 bits per heavy atom. The van der Waals surface area contributed by atoms with Crippen LogP contribution in [0.5, 0.6) is 5.75 Å². The number of hydrogen-bond acceptors (Lipinski definition) is 3. The number of pyridine rings is 1. The highest BCUT2D eigenvalue weighted by atomic mass is 127. The average molecular weight is 433 g/mol. The molecule has 24 heavy (non-hydrogen) atoms. The number of carbonyl (C=O) groups is 1. The number of ketones is 1. The van der Waals surface area contributed by atoms with E-state index >= 15 is 0 Å². The maximum Gasteiger partial charge on any atom is 0.267 e.